The van der Waals surface area contributed by atoms with Crippen molar-refractivity contribution in [2.45, 2.75) is 18.8 Å². The molecule has 0 aromatic carbocycles. The van der Waals surface area contributed by atoms with E-state index in [1.165, 1.54) is 0 Å². The molecule has 0 saturated carbocycles. The summed E-state index contributed by atoms with van der Waals surface area (Å²) >= 11 is 0. The van der Waals surface area contributed by atoms with Gasteiger partial charge in [0.25, 0.3) is 0 Å². The van der Waals surface area contributed by atoms with Crippen LogP contribution in [0.2, 0.25) is 0 Å². The van der Waals surface area contributed by atoms with Gasteiger partial charge in [-0.1, -0.05) is 0 Å². The molecule has 0 atom stereocenters. The molecule has 0 aliphatic carbocycles. The Balaban J connectivity index is 0.000001000. The third-order valence-electron chi connectivity index (χ3n) is 3.70. The Hall–Kier alpha value is -0.620. The Morgan fingerprint density at radius 1 is 1.15 bits per heavy atom. The molecule has 0 bridgehead atoms. The van der Waals surface area contributed by atoms with Gasteiger partial charge in [-0.3, -0.25) is 0 Å². The summed E-state index contributed by atoms with van der Waals surface area (Å²) in [4.78, 5) is 11.5. The zero-order chi connectivity index (χ0) is 12.2. The molecule has 7 heteroatoms. The molecule has 5 nitrogen and oxygen atoms in total. The number of rotatable bonds is 2. The van der Waals surface area contributed by atoms with Gasteiger partial charge in [-0.15, -0.1) is 24.8 Å². The molecule has 1 aromatic heterocycles. The number of hydrogen-bond acceptors (Lipinski definition) is 5. The fourth-order valence-electron chi connectivity index (χ4n) is 2.61. The summed E-state index contributed by atoms with van der Waals surface area (Å²) in [6, 6.07) is 2.01. The number of nitrogens with one attached hydrogen (secondary N) is 1. The van der Waals surface area contributed by atoms with Gasteiger partial charge in [-0.2, -0.15) is 0 Å². The van der Waals surface area contributed by atoms with Gasteiger partial charge in [0.15, 0.2) is 0 Å². The van der Waals surface area contributed by atoms with E-state index in [2.05, 4.69) is 15.2 Å². The Morgan fingerprint density at radius 2 is 1.85 bits per heavy atom. The highest BCUT2D eigenvalue weighted by Gasteiger charge is 2.19. The molecule has 2 aliphatic rings. The van der Waals surface area contributed by atoms with Crippen molar-refractivity contribution in [2.24, 2.45) is 0 Å². The zero-order valence-electron chi connectivity index (χ0n) is 11.5. The van der Waals surface area contributed by atoms with Crippen molar-refractivity contribution in [3.8, 4) is 0 Å². The standard InChI is InChI=1S/C13H20N4O.2ClH/c1-4-14-5-2-11(1)13-15-6-3-12(16-13)17-7-9-18-10-8-17;;/h3,6,11,14H,1-2,4-5,7-10H2;2*1H. The molecular formula is C13H22Cl2N4O. The average Bonchev–Trinajstić information content (AvgIpc) is 2.49. The Bertz CT molecular complexity index is 362. The minimum Gasteiger partial charge on any atom is -0.378 e. The summed E-state index contributed by atoms with van der Waals surface area (Å²) in [6.07, 6.45) is 4.19. The number of halogens is 2. The van der Waals surface area contributed by atoms with Crippen LogP contribution in [0.3, 0.4) is 0 Å². The van der Waals surface area contributed by atoms with Crippen LogP contribution in [0, 0.1) is 0 Å². The quantitative estimate of drug-likeness (QED) is 0.897. The molecule has 1 N–H and O–H groups in total. The van der Waals surface area contributed by atoms with Crippen LogP contribution < -0.4 is 10.2 Å². The van der Waals surface area contributed by atoms with Gasteiger partial charge in [-0.05, 0) is 32.0 Å². The fraction of sp³-hybridized carbons (Fsp3) is 0.692. The van der Waals surface area contributed by atoms with Crippen LogP contribution >= 0.6 is 24.8 Å². The third kappa shape index (κ3) is 4.19. The van der Waals surface area contributed by atoms with Gasteiger partial charge in [0.2, 0.25) is 0 Å². The minimum atomic E-state index is 0. The number of aromatic nitrogens is 2. The van der Waals surface area contributed by atoms with Crippen molar-refractivity contribution >= 4 is 30.6 Å². The lowest BCUT2D eigenvalue weighted by Gasteiger charge is -2.28. The van der Waals surface area contributed by atoms with Crippen molar-refractivity contribution in [1.82, 2.24) is 15.3 Å². The Labute approximate surface area is 132 Å². The summed E-state index contributed by atoms with van der Waals surface area (Å²) < 4.78 is 5.37. The molecule has 114 valence electrons. The summed E-state index contributed by atoms with van der Waals surface area (Å²) in [5.74, 6) is 2.59. The lowest BCUT2D eigenvalue weighted by Crippen LogP contribution is -2.37. The van der Waals surface area contributed by atoms with E-state index in [1.54, 1.807) is 0 Å². The van der Waals surface area contributed by atoms with Gasteiger partial charge in [0.05, 0.1) is 13.2 Å². The molecule has 0 amide bonds. The lowest BCUT2D eigenvalue weighted by molar-refractivity contribution is 0.122. The smallest absolute Gasteiger partial charge is 0.133 e. The van der Waals surface area contributed by atoms with Gasteiger partial charge in [0.1, 0.15) is 11.6 Å². The van der Waals surface area contributed by atoms with E-state index in [4.69, 9.17) is 9.72 Å². The summed E-state index contributed by atoms with van der Waals surface area (Å²) in [7, 11) is 0. The predicted molar refractivity (Wildman–Crippen MR) is 84.4 cm³/mol. The van der Waals surface area contributed by atoms with Crippen LogP contribution in [0.4, 0.5) is 5.82 Å². The first-order valence-corrected chi connectivity index (χ1v) is 6.80. The fourth-order valence-corrected chi connectivity index (χ4v) is 2.61. The highest BCUT2D eigenvalue weighted by Crippen LogP contribution is 2.23. The van der Waals surface area contributed by atoms with Crippen LogP contribution in [0.1, 0.15) is 24.6 Å². The van der Waals surface area contributed by atoms with Gasteiger partial charge in [0, 0.05) is 25.2 Å². The van der Waals surface area contributed by atoms with E-state index in [0.29, 0.717) is 5.92 Å². The number of piperidine rings is 1. The van der Waals surface area contributed by atoms with Crippen LogP contribution in [-0.4, -0.2) is 49.4 Å². The highest BCUT2D eigenvalue weighted by molar-refractivity contribution is 5.85. The van der Waals surface area contributed by atoms with Crippen molar-refractivity contribution in [3.63, 3.8) is 0 Å². The molecule has 0 radical (unpaired) electrons. The van der Waals surface area contributed by atoms with Crippen molar-refractivity contribution < 1.29 is 4.74 Å². The van der Waals surface area contributed by atoms with Crippen LogP contribution in [0.5, 0.6) is 0 Å². The molecule has 3 rings (SSSR count). The molecule has 0 spiro atoms. The number of nitrogens with zero attached hydrogens (tertiary/aromatic N) is 3. The van der Waals surface area contributed by atoms with Crippen molar-refractivity contribution in [3.05, 3.63) is 18.1 Å². The summed E-state index contributed by atoms with van der Waals surface area (Å²) in [5, 5.41) is 3.38. The normalized spacial score (nSPS) is 19.9. The number of ether oxygens (including phenoxy) is 1. The maximum absolute atomic E-state index is 5.37. The largest absolute Gasteiger partial charge is 0.378 e. The van der Waals surface area contributed by atoms with Gasteiger partial charge in [-0.25, -0.2) is 9.97 Å². The third-order valence-corrected chi connectivity index (χ3v) is 3.70. The van der Waals surface area contributed by atoms with Gasteiger partial charge >= 0.3 is 0 Å². The molecule has 2 aliphatic heterocycles. The van der Waals surface area contributed by atoms with Crippen molar-refractivity contribution in [2.75, 3.05) is 44.3 Å². The Kier molecular flexibility index (Phi) is 7.51. The second kappa shape index (κ2) is 8.62. The van der Waals surface area contributed by atoms with E-state index in [0.717, 1.165) is 63.9 Å². The maximum Gasteiger partial charge on any atom is 0.133 e. The van der Waals surface area contributed by atoms with Crippen molar-refractivity contribution in [1.29, 1.82) is 0 Å². The maximum atomic E-state index is 5.37. The molecular weight excluding hydrogens is 299 g/mol. The van der Waals surface area contributed by atoms with Crippen LogP contribution in [0.15, 0.2) is 12.3 Å². The minimum absolute atomic E-state index is 0. The molecule has 2 saturated heterocycles. The van der Waals surface area contributed by atoms with E-state index < -0.39 is 0 Å². The monoisotopic (exact) mass is 320 g/mol. The van der Waals surface area contributed by atoms with E-state index in [-0.39, 0.29) is 24.8 Å². The Morgan fingerprint density at radius 3 is 2.55 bits per heavy atom. The molecule has 3 heterocycles. The second-order valence-electron chi connectivity index (χ2n) is 4.90. The van der Waals surface area contributed by atoms with E-state index >= 15 is 0 Å². The first kappa shape index (κ1) is 17.4. The molecule has 20 heavy (non-hydrogen) atoms. The van der Waals surface area contributed by atoms with Gasteiger partial charge < -0.3 is 15.0 Å². The van der Waals surface area contributed by atoms with Crippen LogP contribution in [-0.2, 0) is 4.74 Å². The molecule has 1 aromatic rings. The SMILES string of the molecule is Cl.Cl.c1cc(N2CCOCC2)nc(C2CCNCC2)n1. The molecule has 0 unspecified atom stereocenters. The zero-order valence-corrected chi connectivity index (χ0v) is 13.1. The van der Waals surface area contributed by atoms with Crippen LogP contribution in [0.25, 0.3) is 0 Å². The molecule has 2 fully saturated rings. The number of anilines is 1. The summed E-state index contributed by atoms with van der Waals surface area (Å²) in [6.45, 7) is 5.62. The highest BCUT2D eigenvalue weighted by atomic mass is 35.5. The first-order valence-electron chi connectivity index (χ1n) is 6.80. The topological polar surface area (TPSA) is 50.3 Å². The summed E-state index contributed by atoms with van der Waals surface area (Å²) in [5.41, 5.74) is 0. The first-order chi connectivity index (χ1) is 8.93. The predicted octanol–water partition coefficient (Wildman–Crippen LogP) is 1.62. The van der Waals surface area contributed by atoms with E-state index in [9.17, 15) is 0 Å². The lowest BCUT2D eigenvalue weighted by atomic mass is 9.97. The van der Waals surface area contributed by atoms with E-state index in [1.807, 2.05) is 12.3 Å². The second-order valence-corrected chi connectivity index (χ2v) is 4.90. The number of morpholine rings is 1. The average molecular weight is 321 g/mol. The number of hydrogen-bond donors (Lipinski definition) is 1.